The third-order valence-corrected chi connectivity index (χ3v) is 4.34. The quantitative estimate of drug-likeness (QED) is 0.693. The second-order valence-electron chi connectivity index (χ2n) is 4.84. The molecule has 0 spiro atoms. The Bertz CT molecular complexity index is 934. The van der Waals surface area contributed by atoms with Crippen LogP contribution >= 0.6 is 23.4 Å². The maximum absolute atomic E-state index is 12.1. The summed E-state index contributed by atoms with van der Waals surface area (Å²) in [7, 11) is 0. The van der Waals surface area contributed by atoms with Gasteiger partial charge in [-0.2, -0.15) is 9.94 Å². The van der Waals surface area contributed by atoms with Gasteiger partial charge < -0.3 is 5.32 Å². The number of hydrogen-bond donors (Lipinski definition) is 1. The highest BCUT2D eigenvalue weighted by molar-refractivity contribution is 7.99. The summed E-state index contributed by atoms with van der Waals surface area (Å²) in [5, 5.41) is 24.3. The van der Waals surface area contributed by atoms with Gasteiger partial charge in [0.15, 0.2) is 0 Å². The molecule has 124 valence electrons. The van der Waals surface area contributed by atoms with E-state index in [0.29, 0.717) is 21.4 Å². The molecule has 1 aromatic heterocycles. The summed E-state index contributed by atoms with van der Waals surface area (Å²) >= 11 is 7.07. The van der Waals surface area contributed by atoms with Crippen molar-refractivity contribution < 1.29 is 4.79 Å². The maximum atomic E-state index is 12.1. The van der Waals surface area contributed by atoms with Crippen molar-refractivity contribution in [3.05, 3.63) is 59.1 Å². The highest BCUT2D eigenvalue weighted by Crippen LogP contribution is 2.20. The summed E-state index contributed by atoms with van der Waals surface area (Å²) in [5.74, 6) is -0.147. The number of carbonyl (C=O) groups is 1. The van der Waals surface area contributed by atoms with Crippen LogP contribution in [0.1, 0.15) is 5.56 Å². The molecular weight excluding hydrogens is 360 g/mol. The third-order valence-electron chi connectivity index (χ3n) is 3.17. The van der Waals surface area contributed by atoms with Crippen molar-refractivity contribution in [1.29, 1.82) is 5.26 Å². The highest BCUT2D eigenvalue weighted by atomic mass is 35.5. The van der Waals surface area contributed by atoms with Crippen molar-refractivity contribution in [2.45, 2.75) is 5.16 Å². The van der Waals surface area contributed by atoms with Gasteiger partial charge in [-0.25, -0.2) is 0 Å². The molecule has 1 amide bonds. The Morgan fingerprint density at radius 2 is 2.00 bits per heavy atom. The minimum absolute atomic E-state index is 0.105. The Balaban J connectivity index is 1.66. The summed E-state index contributed by atoms with van der Waals surface area (Å²) in [4.78, 5) is 12.1. The molecule has 0 bridgehead atoms. The Morgan fingerprint density at radius 3 is 2.76 bits per heavy atom. The third kappa shape index (κ3) is 4.15. The lowest BCUT2D eigenvalue weighted by molar-refractivity contribution is -0.113. The zero-order valence-electron chi connectivity index (χ0n) is 12.8. The van der Waals surface area contributed by atoms with Gasteiger partial charge in [0.1, 0.15) is 6.07 Å². The van der Waals surface area contributed by atoms with Gasteiger partial charge >= 0.3 is 0 Å². The minimum Gasteiger partial charge on any atom is -0.324 e. The molecule has 3 aromatic rings. The average Bonchev–Trinajstić information content (AvgIpc) is 3.09. The van der Waals surface area contributed by atoms with Crippen LogP contribution in [0.2, 0.25) is 5.02 Å². The smallest absolute Gasteiger partial charge is 0.234 e. The summed E-state index contributed by atoms with van der Waals surface area (Å²) < 4.78 is 1.53. The number of nitrogens with zero attached hydrogens (tertiary/aromatic N) is 5. The van der Waals surface area contributed by atoms with Crippen molar-refractivity contribution in [1.82, 2.24) is 20.2 Å². The number of aromatic nitrogens is 4. The van der Waals surface area contributed by atoms with Crippen LogP contribution in [-0.4, -0.2) is 31.9 Å². The number of carbonyl (C=O) groups excluding carboxylic acids is 1. The molecular formula is C16H11ClN6OS. The van der Waals surface area contributed by atoms with E-state index < -0.39 is 0 Å². The number of tetrazole rings is 1. The van der Waals surface area contributed by atoms with Crippen LogP contribution in [-0.2, 0) is 4.79 Å². The monoisotopic (exact) mass is 370 g/mol. The van der Waals surface area contributed by atoms with Crippen LogP contribution < -0.4 is 5.32 Å². The van der Waals surface area contributed by atoms with Gasteiger partial charge in [0, 0.05) is 5.02 Å². The molecule has 0 aliphatic rings. The number of thioether (sulfide) groups is 1. The zero-order chi connectivity index (χ0) is 17.6. The highest BCUT2D eigenvalue weighted by Gasteiger charge is 2.12. The van der Waals surface area contributed by atoms with E-state index in [1.165, 1.54) is 16.4 Å². The first-order valence-corrected chi connectivity index (χ1v) is 8.50. The summed E-state index contributed by atoms with van der Waals surface area (Å²) in [6.45, 7) is 0. The summed E-state index contributed by atoms with van der Waals surface area (Å²) in [6, 6.07) is 15.9. The molecule has 0 atom stereocenters. The van der Waals surface area contributed by atoms with E-state index in [-0.39, 0.29) is 11.7 Å². The number of benzene rings is 2. The van der Waals surface area contributed by atoms with Crippen LogP contribution in [0.25, 0.3) is 5.69 Å². The molecule has 1 N–H and O–H groups in total. The lowest BCUT2D eigenvalue weighted by atomic mass is 10.2. The van der Waals surface area contributed by atoms with E-state index in [4.69, 9.17) is 16.9 Å². The normalized spacial score (nSPS) is 10.2. The molecule has 0 saturated carbocycles. The number of halogens is 1. The number of nitrogens with one attached hydrogen (secondary N) is 1. The van der Waals surface area contributed by atoms with Gasteiger partial charge in [-0.15, -0.1) is 5.10 Å². The summed E-state index contributed by atoms with van der Waals surface area (Å²) in [6.07, 6.45) is 0. The predicted molar refractivity (Wildman–Crippen MR) is 94.7 cm³/mol. The summed E-state index contributed by atoms with van der Waals surface area (Å²) in [5.41, 5.74) is 1.63. The van der Waals surface area contributed by atoms with Crippen LogP contribution in [0.3, 0.4) is 0 Å². The number of amides is 1. The molecule has 0 fully saturated rings. The Labute approximate surface area is 152 Å². The topological polar surface area (TPSA) is 96.5 Å². The Kier molecular flexibility index (Phi) is 5.28. The van der Waals surface area contributed by atoms with Crippen LogP contribution in [0.15, 0.2) is 53.7 Å². The van der Waals surface area contributed by atoms with Crippen LogP contribution in [0.4, 0.5) is 5.69 Å². The molecule has 2 aromatic carbocycles. The lowest BCUT2D eigenvalue weighted by Crippen LogP contribution is -2.15. The molecule has 0 saturated heterocycles. The Morgan fingerprint density at radius 1 is 1.24 bits per heavy atom. The van der Waals surface area contributed by atoms with Crippen molar-refractivity contribution in [3.8, 4) is 11.8 Å². The lowest BCUT2D eigenvalue weighted by Gasteiger charge is -2.07. The van der Waals surface area contributed by atoms with Gasteiger partial charge in [0.05, 0.1) is 22.7 Å². The minimum atomic E-state index is -0.252. The number of para-hydroxylation sites is 1. The largest absolute Gasteiger partial charge is 0.324 e. The van der Waals surface area contributed by atoms with E-state index >= 15 is 0 Å². The van der Waals surface area contributed by atoms with E-state index in [0.717, 1.165) is 5.69 Å². The maximum Gasteiger partial charge on any atom is 0.234 e. The van der Waals surface area contributed by atoms with Crippen molar-refractivity contribution >= 4 is 35.0 Å². The number of nitriles is 1. The molecule has 0 unspecified atom stereocenters. The first-order valence-electron chi connectivity index (χ1n) is 7.13. The standard InChI is InChI=1S/C16H11ClN6OS/c17-12-5-7-13(8-6-12)23-16(20-21-22-23)25-10-15(24)19-14-4-2-1-3-11(14)9-18/h1-8H,10H2,(H,19,24). The number of hydrogen-bond acceptors (Lipinski definition) is 6. The van der Waals surface area contributed by atoms with E-state index in [2.05, 4.69) is 20.8 Å². The molecule has 3 rings (SSSR count). The first kappa shape index (κ1) is 17.0. The average molecular weight is 371 g/mol. The zero-order valence-corrected chi connectivity index (χ0v) is 14.3. The number of anilines is 1. The first-order chi connectivity index (χ1) is 12.2. The second-order valence-corrected chi connectivity index (χ2v) is 6.22. The second kappa shape index (κ2) is 7.79. The van der Waals surface area contributed by atoms with Crippen molar-refractivity contribution in [3.63, 3.8) is 0 Å². The molecule has 1 heterocycles. The Hall–Kier alpha value is -2.89. The molecule has 0 aliphatic heterocycles. The number of rotatable bonds is 5. The SMILES string of the molecule is N#Cc1ccccc1NC(=O)CSc1nnnn1-c1ccc(Cl)cc1. The van der Waals surface area contributed by atoms with Gasteiger partial charge in [-0.3, -0.25) is 4.79 Å². The van der Waals surface area contributed by atoms with Gasteiger partial charge in [0.25, 0.3) is 0 Å². The van der Waals surface area contributed by atoms with Crippen molar-refractivity contribution in [2.75, 3.05) is 11.1 Å². The fourth-order valence-corrected chi connectivity index (χ4v) is 2.84. The fraction of sp³-hybridized carbons (Fsp3) is 0.0625. The van der Waals surface area contributed by atoms with Gasteiger partial charge in [-0.05, 0) is 46.8 Å². The van der Waals surface area contributed by atoms with E-state index in [1.54, 1.807) is 48.5 Å². The van der Waals surface area contributed by atoms with E-state index in [9.17, 15) is 4.79 Å². The van der Waals surface area contributed by atoms with E-state index in [1.807, 2.05) is 6.07 Å². The fourth-order valence-electron chi connectivity index (χ4n) is 2.02. The van der Waals surface area contributed by atoms with Crippen molar-refractivity contribution in [2.24, 2.45) is 0 Å². The van der Waals surface area contributed by atoms with Gasteiger partial charge in [0.2, 0.25) is 11.1 Å². The molecule has 7 nitrogen and oxygen atoms in total. The molecule has 25 heavy (non-hydrogen) atoms. The van der Waals surface area contributed by atoms with Gasteiger partial charge in [-0.1, -0.05) is 35.5 Å². The molecule has 9 heteroatoms. The van der Waals surface area contributed by atoms with Crippen LogP contribution in [0.5, 0.6) is 0 Å². The predicted octanol–water partition coefficient (Wildman–Crippen LogP) is 2.92. The molecule has 0 aliphatic carbocycles. The molecule has 0 radical (unpaired) electrons. The van der Waals surface area contributed by atoms with Crippen LogP contribution in [0, 0.1) is 11.3 Å².